The molecule has 16 heteroatoms. The van der Waals surface area contributed by atoms with Crippen LogP contribution in [0.25, 0.3) is 11.2 Å². The zero-order valence-electron chi connectivity index (χ0n) is 21.2. The fraction of sp³-hybridized carbons (Fsp3) is 0.609. The average Bonchev–Trinajstić information content (AvgIpc) is 3.51. The second-order valence-corrected chi connectivity index (χ2v) is 9.28. The maximum Gasteiger partial charge on any atom is 0.337 e. The summed E-state index contributed by atoms with van der Waals surface area (Å²) in [7, 11) is 2.51. The van der Waals surface area contributed by atoms with Gasteiger partial charge in [-0.05, 0) is 6.92 Å². The summed E-state index contributed by atoms with van der Waals surface area (Å²) < 4.78 is 35.5. The van der Waals surface area contributed by atoms with E-state index in [2.05, 4.69) is 15.0 Å². The summed E-state index contributed by atoms with van der Waals surface area (Å²) in [6.07, 6.45) is -6.01. The Morgan fingerprint density at radius 1 is 1.28 bits per heavy atom. The van der Waals surface area contributed by atoms with Crippen molar-refractivity contribution in [1.29, 1.82) is 0 Å². The van der Waals surface area contributed by atoms with Gasteiger partial charge in [0.25, 0.3) is 0 Å². The fourth-order valence-electron chi connectivity index (χ4n) is 5.24. The number of imidazole rings is 1. The molecular formula is C23H29N5O11. The number of anilines is 1. The van der Waals surface area contributed by atoms with Crippen LogP contribution in [0, 0.1) is 0 Å². The van der Waals surface area contributed by atoms with Crippen LogP contribution in [0.2, 0.25) is 0 Å². The van der Waals surface area contributed by atoms with Crippen LogP contribution in [-0.4, -0.2) is 116 Å². The summed E-state index contributed by atoms with van der Waals surface area (Å²) in [5.41, 5.74) is 6.50. The molecule has 39 heavy (non-hydrogen) atoms. The zero-order chi connectivity index (χ0) is 28.1. The van der Waals surface area contributed by atoms with E-state index < -0.39 is 73.3 Å². The Bertz CT molecular complexity index is 1290. The van der Waals surface area contributed by atoms with Gasteiger partial charge in [-0.25, -0.2) is 24.5 Å². The molecule has 2 aromatic heterocycles. The van der Waals surface area contributed by atoms with Crippen LogP contribution in [0.1, 0.15) is 19.6 Å². The van der Waals surface area contributed by atoms with Crippen molar-refractivity contribution in [2.24, 2.45) is 0 Å². The van der Waals surface area contributed by atoms with Gasteiger partial charge in [0, 0.05) is 13.5 Å². The van der Waals surface area contributed by atoms with Crippen LogP contribution in [0.3, 0.4) is 0 Å². The number of esters is 2. The normalized spacial score (nSPS) is 36.3. The molecule has 0 spiro atoms. The zero-order valence-corrected chi connectivity index (χ0v) is 21.2. The molecule has 0 bridgehead atoms. The first-order valence-electron chi connectivity index (χ1n) is 12.1. The molecule has 5 heterocycles. The minimum absolute atomic E-state index is 0.0496. The number of rotatable bonds is 6. The van der Waals surface area contributed by atoms with Gasteiger partial charge >= 0.3 is 11.9 Å². The van der Waals surface area contributed by atoms with Gasteiger partial charge in [-0.15, -0.1) is 0 Å². The minimum Gasteiger partial charge on any atom is -0.467 e. The van der Waals surface area contributed by atoms with Crippen molar-refractivity contribution in [2.45, 2.75) is 68.1 Å². The van der Waals surface area contributed by atoms with Gasteiger partial charge in [0.2, 0.25) is 5.79 Å². The van der Waals surface area contributed by atoms with E-state index in [0.717, 1.165) is 7.11 Å². The lowest BCUT2D eigenvalue weighted by atomic mass is 9.84. The van der Waals surface area contributed by atoms with E-state index in [9.17, 15) is 24.9 Å². The van der Waals surface area contributed by atoms with E-state index in [0.29, 0.717) is 11.2 Å². The Morgan fingerprint density at radius 3 is 2.72 bits per heavy atom. The maximum absolute atomic E-state index is 12.7. The number of fused-ring (bicyclic) bond motifs is 3. The number of carbonyl (C=O) groups is 2. The van der Waals surface area contributed by atoms with Crippen LogP contribution in [0.15, 0.2) is 24.3 Å². The first-order chi connectivity index (χ1) is 18.7. The van der Waals surface area contributed by atoms with Gasteiger partial charge < -0.3 is 49.5 Å². The molecule has 2 aromatic rings. The smallest absolute Gasteiger partial charge is 0.337 e. The summed E-state index contributed by atoms with van der Waals surface area (Å²) in [6, 6.07) is 0. The maximum atomic E-state index is 12.7. The molecule has 0 saturated carbocycles. The van der Waals surface area contributed by atoms with Gasteiger partial charge in [0.1, 0.15) is 36.3 Å². The monoisotopic (exact) mass is 551 g/mol. The number of aliphatic hydroxyl groups is 3. The molecular weight excluding hydrogens is 522 g/mol. The molecule has 0 aromatic carbocycles. The molecule has 5 N–H and O–H groups in total. The van der Waals surface area contributed by atoms with Crippen molar-refractivity contribution in [3.63, 3.8) is 0 Å². The van der Waals surface area contributed by atoms with Gasteiger partial charge in [-0.1, -0.05) is 6.08 Å². The highest BCUT2D eigenvalue weighted by atomic mass is 16.7. The second-order valence-electron chi connectivity index (χ2n) is 9.28. The van der Waals surface area contributed by atoms with E-state index >= 15 is 0 Å². The van der Waals surface area contributed by atoms with E-state index in [-0.39, 0.29) is 17.8 Å². The molecule has 3 aliphatic rings. The SMILES string of the molecule is C/C=C(\CO)C(=O)O[C@@H]1[C@@H](O)[C@H](C(=O)OC)O[C@H]2C[C@@H]3O[C@H](n4cnc5c(N)ncnc54)[C@@H](OC)[C@@H]3O[C@@]21O. The average molecular weight is 552 g/mol. The number of hydrogen-bond donors (Lipinski definition) is 4. The highest BCUT2D eigenvalue weighted by Crippen LogP contribution is 2.47. The molecule has 0 amide bonds. The molecule has 3 saturated heterocycles. The van der Waals surface area contributed by atoms with Crippen LogP contribution in [0.4, 0.5) is 5.82 Å². The Balaban J connectivity index is 1.50. The van der Waals surface area contributed by atoms with Crippen LogP contribution in [0.5, 0.6) is 0 Å². The summed E-state index contributed by atoms with van der Waals surface area (Å²) in [5, 5.41) is 32.3. The third kappa shape index (κ3) is 4.33. The van der Waals surface area contributed by atoms with Crippen molar-refractivity contribution in [3.05, 3.63) is 24.3 Å². The van der Waals surface area contributed by atoms with Gasteiger partial charge in [0.15, 0.2) is 29.9 Å². The minimum atomic E-state index is -2.44. The number of nitrogens with two attached hydrogens (primary N) is 1. The van der Waals surface area contributed by atoms with Gasteiger partial charge in [-0.3, -0.25) is 4.57 Å². The summed E-state index contributed by atoms with van der Waals surface area (Å²) >= 11 is 0. The number of ether oxygens (including phenoxy) is 6. The fourth-order valence-corrected chi connectivity index (χ4v) is 5.24. The number of allylic oxidation sites excluding steroid dienone is 1. The summed E-state index contributed by atoms with van der Waals surface area (Å²) in [5.74, 6) is -4.25. The molecule has 9 atom stereocenters. The first-order valence-corrected chi connectivity index (χ1v) is 12.1. The molecule has 5 rings (SSSR count). The van der Waals surface area contributed by atoms with Crippen LogP contribution < -0.4 is 5.73 Å². The largest absolute Gasteiger partial charge is 0.467 e. The lowest BCUT2D eigenvalue weighted by Gasteiger charge is -2.52. The predicted molar refractivity (Wildman–Crippen MR) is 126 cm³/mol. The Labute approximate surface area is 221 Å². The Morgan fingerprint density at radius 2 is 2.05 bits per heavy atom. The molecule has 3 aliphatic heterocycles. The van der Waals surface area contributed by atoms with E-state index in [1.165, 1.54) is 32.8 Å². The van der Waals surface area contributed by atoms with Crippen molar-refractivity contribution < 1.29 is 53.3 Å². The third-order valence-electron chi connectivity index (χ3n) is 7.24. The predicted octanol–water partition coefficient (Wildman–Crippen LogP) is -2.05. The molecule has 3 fully saturated rings. The van der Waals surface area contributed by atoms with Crippen LogP contribution in [-0.2, 0) is 38.0 Å². The standard InChI is InChI=1S/C23H29N5O11/c1-4-9(6-29)21(31)38-17-13(30)15(22(32)35-3)37-11-5-10-14(39-23(11,17)33)16(34-2)20(36-10)28-8-27-12-18(24)25-7-26-19(12)28/h4,7-8,10-11,13-17,20,29-30,33H,5-6H2,1-3H3,(H2,24,25,26)/b9-4+/t10-,11-,13-,14+,15+,16-,17+,20-,23-/m0/s1. The lowest BCUT2D eigenvalue weighted by Crippen LogP contribution is -2.73. The molecule has 16 nitrogen and oxygen atoms in total. The van der Waals surface area contributed by atoms with E-state index in [1.807, 2.05) is 0 Å². The van der Waals surface area contributed by atoms with Gasteiger partial charge in [0.05, 0.1) is 31.7 Å². The number of nitrogens with zero attached hydrogens (tertiary/aromatic N) is 4. The number of methoxy groups -OCH3 is 2. The summed E-state index contributed by atoms with van der Waals surface area (Å²) in [4.78, 5) is 37.6. The number of carbonyl (C=O) groups excluding carboxylic acids is 2. The Kier molecular flexibility index (Phi) is 7.27. The highest BCUT2D eigenvalue weighted by molar-refractivity contribution is 5.89. The number of aromatic nitrogens is 4. The second kappa shape index (κ2) is 10.4. The van der Waals surface area contributed by atoms with Gasteiger partial charge in [-0.2, -0.15) is 0 Å². The lowest BCUT2D eigenvalue weighted by molar-refractivity contribution is -0.397. The first kappa shape index (κ1) is 27.3. The molecule has 212 valence electrons. The molecule has 0 aliphatic carbocycles. The van der Waals surface area contributed by atoms with Crippen molar-refractivity contribution >= 4 is 28.9 Å². The topological polar surface area (TPSA) is 220 Å². The van der Waals surface area contributed by atoms with E-state index in [4.69, 9.17) is 34.2 Å². The number of hydrogen-bond acceptors (Lipinski definition) is 15. The van der Waals surface area contributed by atoms with Crippen LogP contribution >= 0.6 is 0 Å². The van der Waals surface area contributed by atoms with E-state index in [1.54, 1.807) is 4.57 Å². The Hall–Kier alpha value is -3.25. The quantitative estimate of drug-likeness (QED) is 0.224. The highest BCUT2D eigenvalue weighted by Gasteiger charge is 2.67. The van der Waals surface area contributed by atoms with Crippen molar-refractivity contribution in [3.8, 4) is 0 Å². The third-order valence-corrected chi connectivity index (χ3v) is 7.24. The van der Waals surface area contributed by atoms with Crippen molar-refractivity contribution in [1.82, 2.24) is 19.5 Å². The molecule has 0 radical (unpaired) electrons. The summed E-state index contributed by atoms with van der Waals surface area (Å²) in [6.45, 7) is 0.845. The molecule has 0 unspecified atom stereocenters. The van der Waals surface area contributed by atoms with Crippen molar-refractivity contribution in [2.75, 3.05) is 26.6 Å². The number of nitrogen functional groups attached to an aromatic ring is 1. The number of aliphatic hydroxyl groups excluding tert-OH is 2.